The van der Waals surface area contributed by atoms with E-state index in [1.54, 1.807) is 0 Å². The Labute approximate surface area is 160 Å². The van der Waals surface area contributed by atoms with Crippen molar-refractivity contribution in [3.8, 4) is 0 Å². The van der Waals surface area contributed by atoms with Crippen LogP contribution in [0.25, 0.3) is 0 Å². The number of aliphatic carboxylic acids is 1. The minimum absolute atomic E-state index is 0.0691. The molecule has 7 heteroatoms. The number of ether oxygens (including phenoxy) is 1. The summed E-state index contributed by atoms with van der Waals surface area (Å²) in [7, 11) is 0. The van der Waals surface area contributed by atoms with Crippen molar-refractivity contribution in [2.24, 2.45) is 5.92 Å². The van der Waals surface area contributed by atoms with Crippen LogP contribution in [0.5, 0.6) is 0 Å². The van der Waals surface area contributed by atoms with Gasteiger partial charge < -0.3 is 20.5 Å². The van der Waals surface area contributed by atoms with Gasteiger partial charge in [0.25, 0.3) is 0 Å². The molecule has 7 nitrogen and oxygen atoms in total. The van der Waals surface area contributed by atoms with Gasteiger partial charge in [-0.2, -0.15) is 0 Å². The van der Waals surface area contributed by atoms with Crippen molar-refractivity contribution >= 4 is 18.0 Å². The Morgan fingerprint density at radius 3 is 2.33 bits per heavy atom. The molecule has 0 spiro atoms. The number of benzene rings is 1. The fourth-order valence-corrected chi connectivity index (χ4v) is 2.59. The monoisotopic (exact) mass is 378 g/mol. The Bertz CT molecular complexity index is 604. The third-order valence-electron chi connectivity index (χ3n) is 3.94. The highest BCUT2D eigenvalue weighted by Gasteiger charge is 2.23. The summed E-state index contributed by atoms with van der Waals surface area (Å²) in [6, 6.07) is 8.43. The molecule has 0 bridgehead atoms. The third-order valence-corrected chi connectivity index (χ3v) is 3.94. The summed E-state index contributed by atoms with van der Waals surface area (Å²) < 4.78 is 5.19. The first-order chi connectivity index (χ1) is 12.8. The van der Waals surface area contributed by atoms with E-state index >= 15 is 0 Å². The van der Waals surface area contributed by atoms with Crippen molar-refractivity contribution < 1.29 is 24.2 Å². The van der Waals surface area contributed by atoms with Crippen LogP contribution >= 0.6 is 0 Å². The van der Waals surface area contributed by atoms with Crippen molar-refractivity contribution in [2.75, 3.05) is 0 Å². The van der Waals surface area contributed by atoms with Crippen molar-refractivity contribution in [3.05, 3.63) is 35.9 Å². The highest BCUT2D eigenvalue weighted by molar-refractivity contribution is 5.85. The van der Waals surface area contributed by atoms with E-state index in [0.29, 0.717) is 19.3 Å². The molecule has 27 heavy (non-hydrogen) atoms. The lowest BCUT2D eigenvalue weighted by atomic mass is 10.0. The highest BCUT2D eigenvalue weighted by atomic mass is 16.5. The average molecular weight is 378 g/mol. The zero-order chi connectivity index (χ0) is 20.2. The average Bonchev–Trinajstić information content (AvgIpc) is 2.59. The normalized spacial score (nSPS) is 12.9. The summed E-state index contributed by atoms with van der Waals surface area (Å²) in [6.07, 6.45) is 0.954. The molecule has 1 unspecified atom stereocenters. The minimum atomic E-state index is -0.853. The topological polar surface area (TPSA) is 105 Å². The molecule has 2 amide bonds. The summed E-state index contributed by atoms with van der Waals surface area (Å²) in [5.41, 5.74) is 0.865. The highest BCUT2D eigenvalue weighted by Crippen LogP contribution is 2.08. The second-order valence-electron chi connectivity index (χ2n) is 7.08. The number of rotatable bonds is 11. The molecule has 0 aliphatic heterocycles. The van der Waals surface area contributed by atoms with Crippen LogP contribution in [0.3, 0.4) is 0 Å². The molecule has 0 saturated carbocycles. The Kier molecular flexibility index (Phi) is 9.93. The van der Waals surface area contributed by atoms with Gasteiger partial charge in [-0.3, -0.25) is 9.59 Å². The lowest BCUT2D eigenvalue weighted by molar-refractivity contribution is -0.137. The molecule has 0 aromatic heterocycles. The number of amides is 2. The number of alkyl carbamates (subject to hydrolysis) is 1. The van der Waals surface area contributed by atoms with Crippen LogP contribution in [0.1, 0.15) is 52.0 Å². The second-order valence-corrected chi connectivity index (χ2v) is 7.08. The standard InChI is InChI=1S/C20H30N2O5/c1-14(2)12-17(19(25)21-15(3)8-7-11-18(23)24)22-20(26)27-13-16-9-5-4-6-10-16/h4-6,9-10,14-15,17H,7-8,11-13H2,1-3H3,(H,21,25)(H,22,26)(H,23,24)/t15?,17-/m0/s1. The summed E-state index contributed by atoms with van der Waals surface area (Å²) in [4.78, 5) is 35.1. The maximum atomic E-state index is 12.5. The SMILES string of the molecule is CC(C)C[C@H](NC(=O)OCc1ccccc1)C(=O)NC(C)CCCC(=O)O. The van der Waals surface area contributed by atoms with Gasteiger partial charge in [0.2, 0.25) is 5.91 Å². The first kappa shape index (κ1) is 22.5. The maximum Gasteiger partial charge on any atom is 0.408 e. The van der Waals surface area contributed by atoms with Crippen LogP contribution in [-0.4, -0.2) is 35.2 Å². The van der Waals surface area contributed by atoms with Gasteiger partial charge >= 0.3 is 12.1 Å². The predicted octanol–water partition coefficient (Wildman–Crippen LogP) is 3.09. The molecule has 0 heterocycles. The Balaban J connectivity index is 2.51. The number of carboxylic acid groups (broad SMARTS) is 1. The molecule has 0 aliphatic rings. The molecule has 0 aliphatic carbocycles. The van der Waals surface area contributed by atoms with Crippen LogP contribution in [0, 0.1) is 5.92 Å². The first-order valence-corrected chi connectivity index (χ1v) is 9.27. The van der Waals surface area contributed by atoms with Crippen molar-refractivity contribution in [1.82, 2.24) is 10.6 Å². The van der Waals surface area contributed by atoms with E-state index in [-0.39, 0.29) is 30.9 Å². The fourth-order valence-electron chi connectivity index (χ4n) is 2.59. The quantitative estimate of drug-likeness (QED) is 0.549. The van der Waals surface area contributed by atoms with Crippen LogP contribution in [0.15, 0.2) is 30.3 Å². The summed E-state index contributed by atoms with van der Waals surface area (Å²) in [5.74, 6) is -0.935. The van der Waals surface area contributed by atoms with E-state index in [1.807, 2.05) is 51.1 Å². The molecular weight excluding hydrogens is 348 g/mol. The van der Waals surface area contributed by atoms with Crippen LogP contribution in [0.2, 0.25) is 0 Å². The van der Waals surface area contributed by atoms with E-state index in [1.165, 1.54) is 0 Å². The summed E-state index contributed by atoms with van der Waals surface area (Å²) in [6.45, 7) is 5.88. The number of nitrogens with one attached hydrogen (secondary N) is 2. The molecule has 3 N–H and O–H groups in total. The van der Waals surface area contributed by atoms with Gasteiger partial charge in [-0.25, -0.2) is 4.79 Å². The van der Waals surface area contributed by atoms with Crippen molar-refractivity contribution in [2.45, 2.75) is 65.1 Å². The molecule has 1 rings (SSSR count). The van der Waals surface area contributed by atoms with Gasteiger partial charge in [-0.1, -0.05) is 44.2 Å². The van der Waals surface area contributed by atoms with Crippen LogP contribution in [-0.2, 0) is 20.9 Å². The lowest BCUT2D eigenvalue weighted by Crippen LogP contribution is -2.49. The van der Waals surface area contributed by atoms with Crippen molar-refractivity contribution in [3.63, 3.8) is 0 Å². The smallest absolute Gasteiger partial charge is 0.408 e. The first-order valence-electron chi connectivity index (χ1n) is 9.27. The van der Waals surface area contributed by atoms with Crippen molar-refractivity contribution in [1.29, 1.82) is 0 Å². The minimum Gasteiger partial charge on any atom is -0.481 e. The molecule has 150 valence electrons. The number of carbonyl (C=O) groups is 3. The third kappa shape index (κ3) is 10.2. The van der Waals surface area contributed by atoms with Gasteiger partial charge in [0.05, 0.1) is 0 Å². The second kappa shape index (κ2) is 11.9. The van der Waals surface area contributed by atoms with Gasteiger partial charge in [-0.15, -0.1) is 0 Å². The number of hydrogen-bond donors (Lipinski definition) is 3. The summed E-state index contributed by atoms with van der Waals surface area (Å²) >= 11 is 0. The van der Waals surface area contributed by atoms with Crippen LogP contribution in [0.4, 0.5) is 4.79 Å². The van der Waals surface area contributed by atoms with Gasteiger partial charge in [0.15, 0.2) is 0 Å². The van der Waals surface area contributed by atoms with E-state index in [4.69, 9.17) is 9.84 Å². The molecule has 1 aromatic carbocycles. The van der Waals surface area contributed by atoms with E-state index in [9.17, 15) is 14.4 Å². The maximum absolute atomic E-state index is 12.5. The van der Waals surface area contributed by atoms with Crippen LogP contribution < -0.4 is 10.6 Å². The fraction of sp³-hybridized carbons (Fsp3) is 0.550. The van der Waals surface area contributed by atoms with E-state index in [0.717, 1.165) is 5.56 Å². The van der Waals surface area contributed by atoms with E-state index < -0.39 is 18.1 Å². The molecular formula is C20H30N2O5. The Morgan fingerprint density at radius 1 is 1.07 bits per heavy atom. The van der Waals surface area contributed by atoms with E-state index in [2.05, 4.69) is 10.6 Å². The predicted molar refractivity (Wildman–Crippen MR) is 102 cm³/mol. The molecule has 1 aromatic rings. The summed E-state index contributed by atoms with van der Waals surface area (Å²) in [5, 5.41) is 14.1. The Hall–Kier alpha value is -2.57. The number of carboxylic acids is 1. The number of carbonyl (C=O) groups excluding carboxylic acids is 2. The molecule has 0 saturated heterocycles. The molecule has 2 atom stereocenters. The molecule has 0 radical (unpaired) electrons. The zero-order valence-corrected chi connectivity index (χ0v) is 16.2. The van der Waals surface area contributed by atoms with Gasteiger partial charge in [0.1, 0.15) is 12.6 Å². The van der Waals surface area contributed by atoms with Gasteiger partial charge in [0, 0.05) is 12.5 Å². The lowest BCUT2D eigenvalue weighted by Gasteiger charge is -2.22. The van der Waals surface area contributed by atoms with Gasteiger partial charge in [-0.05, 0) is 37.7 Å². The number of hydrogen-bond acceptors (Lipinski definition) is 4. The largest absolute Gasteiger partial charge is 0.481 e. The molecule has 0 fully saturated rings. The Morgan fingerprint density at radius 2 is 1.74 bits per heavy atom. The zero-order valence-electron chi connectivity index (χ0n) is 16.2.